The van der Waals surface area contributed by atoms with Gasteiger partial charge in [0.15, 0.2) is 5.15 Å². The second-order valence-electron chi connectivity index (χ2n) is 8.09. The number of hydrogen-bond acceptors (Lipinski definition) is 5. The molecule has 1 aromatic heterocycles. The lowest BCUT2D eigenvalue weighted by Crippen LogP contribution is -2.27. The zero-order valence-corrected chi connectivity index (χ0v) is 20.2. The molecule has 7 nitrogen and oxygen atoms in total. The molecule has 8 heteroatoms. The number of aromatic carboxylic acids is 1. The first-order valence-electron chi connectivity index (χ1n) is 11.5. The Bertz CT molecular complexity index is 1140. The summed E-state index contributed by atoms with van der Waals surface area (Å²) in [6, 6.07) is 13.5. The van der Waals surface area contributed by atoms with Crippen LogP contribution < -0.4 is 5.73 Å². The van der Waals surface area contributed by atoms with Crippen molar-refractivity contribution in [1.29, 1.82) is 0 Å². The highest BCUT2D eigenvalue weighted by Gasteiger charge is 2.27. The number of rotatable bonds is 11. The van der Waals surface area contributed by atoms with Gasteiger partial charge in [-0.1, -0.05) is 74.3 Å². The van der Waals surface area contributed by atoms with Gasteiger partial charge in [-0.3, -0.25) is 0 Å². The van der Waals surface area contributed by atoms with Crippen LogP contribution in [0.15, 0.2) is 48.5 Å². The molecule has 3 aromatic rings. The quantitative estimate of drug-likeness (QED) is 0.361. The van der Waals surface area contributed by atoms with Crippen molar-refractivity contribution in [2.75, 3.05) is 6.61 Å². The molecule has 1 heterocycles. The SMILES string of the molecule is CCCCc1nc(Cl)c(C(N)C(=O)OCCC)n1Cc1ccc(-c2ccccc2C(=O)O)cc1. The Hall–Kier alpha value is -3.16. The van der Waals surface area contributed by atoms with E-state index >= 15 is 0 Å². The maximum Gasteiger partial charge on any atom is 0.336 e. The average Bonchev–Trinajstić information content (AvgIpc) is 3.15. The first-order chi connectivity index (χ1) is 16.4. The third-order valence-corrected chi connectivity index (χ3v) is 5.83. The lowest BCUT2D eigenvalue weighted by molar-refractivity contribution is -0.145. The van der Waals surface area contributed by atoms with Gasteiger partial charge in [-0.25, -0.2) is 14.6 Å². The minimum atomic E-state index is -1.04. The lowest BCUT2D eigenvalue weighted by Gasteiger charge is -2.17. The molecule has 0 radical (unpaired) electrons. The van der Waals surface area contributed by atoms with E-state index in [1.54, 1.807) is 18.2 Å². The number of ether oxygens (including phenoxy) is 1. The fraction of sp³-hybridized carbons (Fsp3) is 0.346. The van der Waals surface area contributed by atoms with E-state index in [9.17, 15) is 14.7 Å². The smallest absolute Gasteiger partial charge is 0.336 e. The molecule has 0 spiro atoms. The van der Waals surface area contributed by atoms with Gasteiger partial charge < -0.3 is 20.1 Å². The molecule has 0 aliphatic rings. The molecular formula is C26H30ClN3O4. The van der Waals surface area contributed by atoms with E-state index in [1.165, 1.54) is 0 Å². The Morgan fingerprint density at radius 2 is 1.82 bits per heavy atom. The Balaban J connectivity index is 1.93. The standard InChI is InChI=1S/C26H30ClN3O4/c1-3-5-10-21-29-24(27)23(22(28)26(33)34-15-4-2)30(21)16-17-11-13-18(14-12-17)19-8-6-7-9-20(19)25(31)32/h6-9,11-14,22H,3-5,10,15-16,28H2,1-2H3,(H,31,32). The van der Waals surface area contributed by atoms with E-state index in [-0.39, 0.29) is 10.7 Å². The number of nitrogens with zero attached hydrogens (tertiary/aromatic N) is 2. The highest BCUT2D eigenvalue weighted by molar-refractivity contribution is 6.30. The Kier molecular flexibility index (Phi) is 8.85. The van der Waals surface area contributed by atoms with Crippen LogP contribution in [0.25, 0.3) is 11.1 Å². The Morgan fingerprint density at radius 1 is 1.12 bits per heavy atom. The van der Waals surface area contributed by atoms with Gasteiger partial charge in [-0.2, -0.15) is 0 Å². The molecule has 34 heavy (non-hydrogen) atoms. The first kappa shape index (κ1) is 25.5. The largest absolute Gasteiger partial charge is 0.478 e. The summed E-state index contributed by atoms with van der Waals surface area (Å²) in [6.45, 7) is 4.72. The summed E-state index contributed by atoms with van der Waals surface area (Å²) in [5, 5.41) is 9.70. The zero-order valence-electron chi connectivity index (χ0n) is 19.5. The molecule has 0 amide bonds. The summed E-state index contributed by atoms with van der Waals surface area (Å²) in [6.07, 6.45) is 3.32. The summed E-state index contributed by atoms with van der Waals surface area (Å²) < 4.78 is 7.14. The molecule has 0 saturated heterocycles. The number of esters is 1. The normalized spacial score (nSPS) is 11.9. The highest BCUT2D eigenvalue weighted by Crippen LogP contribution is 2.28. The minimum absolute atomic E-state index is 0.207. The van der Waals surface area contributed by atoms with Crippen LogP contribution in [0.1, 0.15) is 66.6 Å². The predicted octanol–water partition coefficient (Wildman–Crippen LogP) is 5.25. The van der Waals surface area contributed by atoms with Crippen LogP contribution in [0.4, 0.5) is 0 Å². The van der Waals surface area contributed by atoms with E-state index < -0.39 is 18.0 Å². The number of carbonyl (C=O) groups excluding carboxylic acids is 1. The molecule has 0 bridgehead atoms. The number of imidazole rings is 1. The van der Waals surface area contributed by atoms with Gasteiger partial charge in [0.2, 0.25) is 0 Å². The topological polar surface area (TPSA) is 107 Å². The second-order valence-corrected chi connectivity index (χ2v) is 8.44. The van der Waals surface area contributed by atoms with E-state index in [2.05, 4.69) is 11.9 Å². The molecule has 0 aliphatic heterocycles. The third kappa shape index (κ3) is 5.85. The van der Waals surface area contributed by atoms with Crippen molar-refractivity contribution in [2.45, 2.75) is 52.1 Å². The van der Waals surface area contributed by atoms with Crippen LogP contribution in [-0.2, 0) is 22.5 Å². The number of benzene rings is 2. The molecule has 2 aromatic carbocycles. The summed E-state index contributed by atoms with van der Waals surface area (Å²) in [4.78, 5) is 28.6. The van der Waals surface area contributed by atoms with Crippen molar-refractivity contribution in [1.82, 2.24) is 9.55 Å². The van der Waals surface area contributed by atoms with Crippen LogP contribution in [0, 0.1) is 0 Å². The van der Waals surface area contributed by atoms with E-state index in [0.29, 0.717) is 37.3 Å². The molecule has 3 rings (SSSR count). The molecular weight excluding hydrogens is 454 g/mol. The van der Waals surface area contributed by atoms with Gasteiger partial charge in [0.05, 0.1) is 17.9 Å². The monoisotopic (exact) mass is 483 g/mol. The number of aryl methyl sites for hydroxylation is 1. The van der Waals surface area contributed by atoms with Crippen molar-refractivity contribution >= 4 is 23.5 Å². The fourth-order valence-corrected chi connectivity index (χ4v) is 4.09. The molecule has 0 saturated carbocycles. The van der Waals surface area contributed by atoms with E-state index in [4.69, 9.17) is 22.1 Å². The van der Waals surface area contributed by atoms with Gasteiger partial charge in [0.25, 0.3) is 0 Å². The van der Waals surface area contributed by atoms with Crippen LogP contribution in [0.5, 0.6) is 0 Å². The Labute approximate surface area is 204 Å². The van der Waals surface area contributed by atoms with Gasteiger partial charge in [-0.05, 0) is 35.6 Å². The summed E-state index contributed by atoms with van der Waals surface area (Å²) in [5.74, 6) is -0.740. The van der Waals surface area contributed by atoms with Crippen molar-refractivity contribution in [3.8, 4) is 11.1 Å². The molecule has 0 fully saturated rings. The molecule has 1 atom stereocenters. The minimum Gasteiger partial charge on any atom is -0.478 e. The predicted molar refractivity (Wildman–Crippen MR) is 132 cm³/mol. The van der Waals surface area contributed by atoms with Gasteiger partial charge >= 0.3 is 11.9 Å². The number of nitrogens with two attached hydrogens (primary N) is 1. The number of unbranched alkanes of at least 4 members (excludes halogenated alkanes) is 1. The Morgan fingerprint density at radius 3 is 2.47 bits per heavy atom. The van der Waals surface area contributed by atoms with Crippen molar-refractivity contribution in [2.24, 2.45) is 5.73 Å². The number of hydrogen-bond donors (Lipinski definition) is 2. The van der Waals surface area contributed by atoms with Gasteiger partial charge in [0.1, 0.15) is 11.9 Å². The highest BCUT2D eigenvalue weighted by atomic mass is 35.5. The van der Waals surface area contributed by atoms with Gasteiger partial charge in [0, 0.05) is 13.0 Å². The lowest BCUT2D eigenvalue weighted by atomic mass is 9.98. The molecule has 3 N–H and O–H groups in total. The van der Waals surface area contributed by atoms with E-state index in [1.807, 2.05) is 41.8 Å². The second kappa shape index (κ2) is 11.8. The summed E-state index contributed by atoms with van der Waals surface area (Å²) in [7, 11) is 0. The summed E-state index contributed by atoms with van der Waals surface area (Å²) >= 11 is 6.45. The fourth-order valence-electron chi connectivity index (χ4n) is 3.78. The number of carbonyl (C=O) groups is 2. The summed E-state index contributed by atoms with van der Waals surface area (Å²) in [5.41, 5.74) is 9.33. The maximum absolute atomic E-state index is 12.5. The first-order valence-corrected chi connectivity index (χ1v) is 11.8. The number of halogens is 1. The average molecular weight is 484 g/mol. The third-order valence-electron chi connectivity index (χ3n) is 5.55. The van der Waals surface area contributed by atoms with Crippen LogP contribution >= 0.6 is 11.6 Å². The number of carboxylic acid groups (broad SMARTS) is 1. The number of aromatic nitrogens is 2. The van der Waals surface area contributed by atoms with E-state index in [0.717, 1.165) is 29.8 Å². The van der Waals surface area contributed by atoms with Crippen LogP contribution in [0.2, 0.25) is 5.15 Å². The molecule has 0 aliphatic carbocycles. The van der Waals surface area contributed by atoms with Crippen LogP contribution in [-0.4, -0.2) is 33.2 Å². The van der Waals surface area contributed by atoms with Gasteiger partial charge in [-0.15, -0.1) is 0 Å². The molecule has 180 valence electrons. The number of carboxylic acids is 1. The van der Waals surface area contributed by atoms with Crippen molar-refractivity contribution in [3.05, 3.63) is 76.3 Å². The maximum atomic E-state index is 12.5. The van der Waals surface area contributed by atoms with Crippen molar-refractivity contribution in [3.63, 3.8) is 0 Å². The zero-order chi connectivity index (χ0) is 24.7. The van der Waals surface area contributed by atoms with Crippen molar-refractivity contribution < 1.29 is 19.4 Å². The van der Waals surface area contributed by atoms with Crippen LogP contribution in [0.3, 0.4) is 0 Å². The molecule has 1 unspecified atom stereocenters.